The highest BCUT2D eigenvalue weighted by Gasteiger charge is 2.12. The van der Waals surface area contributed by atoms with E-state index in [9.17, 15) is 0 Å². The number of aromatic nitrogens is 3. The van der Waals surface area contributed by atoms with Crippen LogP contribution in [0.5, 0.6) is 5.75 Å². The Morgan fingerprint density at radius 3 is 2.68 bits per heavy atom. The number of aryl methyl sites for hydroxylation is 2. The van der Waals surface area contributed by atoms with Crippen molar-refractivity contribution < 1.29 is 9.47 Å². The van der Waals surface area contributed by atoms with E-state index in [1.807, 2.05) is 36.7 Å². The van der Waals surface area contributed by atoms with Gasteiger partial charge in [0.1, 0.15) is 24.2 Å². The van der Waals surface area contributed by atoms with Crippen molar-refractivity contribution in [3.8, 4) is 5.75 Å². The van der Waals surface area contributed by atoms with E-state index in [2.05, 4.69) is 45.6 Å². The fraction of sp³-hybridized carbons (Fsp3) is 0.591. The average Bonchev–Trinajstić information content (AvgIpc) is 3.10. The zero-order valence-corrected chi connectivity index (χ0v) is 19.1. The van der Waals surface area contributed by atoms with Gasteiger partial charge in [-0.05, 0) is 32.4 Å². The molecule has 1 aromatic heterocycles. The van der Waals surface area contributed by atoms with Crippen molar-refractivity contribution in [1.82, 2.24) is 30.3 Å². The zero-order chi connectivity index (χ0) is 22.1. The van der Waals surface area contributed by atoms with Crippen LogP contribution >= 0.6 is 0 Å². The topological polar surface area (TPSA) is 88.8 Å². The third-order valence-electron chi connectivity index (χ3n) is 5.36. The van der Waals surface area contributed by atoms with Crippen molar-refractivity contribution in [3.63, 3.8) is 0 Å². The van der Waals surface area contributed by atoms with Crippen molar-refractivity contribution in [2.45, 2.75) is 33.4 Å². The maximum absolute atomic E-state index is 6.09. The van der Waals surface area contributed by atoms with Crippen molar-refractivity contribution in [3.05, 3.63) is 41.5 Å². The molecule has 2 heterocycles. The predicted molar refractivity (Wildman–Crippen MR) is 121 cm³/mol. The van der Waals surface area contributed by atoms with Crippen LogP contribution in [0.15, 0.2) is 29.3 Å². The first-order valence-electron chi connectivity index (χ1n) is 10.9. The summed E-state index contributed by atoms with van der Waals surface area (Å²) in [6.45, 7) is 12.4. The van der Waals surface area contributed by atoms with Gasteiger partial charge >= 0.3 is 0 Å². The lowest BCUT2D eigenvalue weighted by molar-refractivity contribution is 0.0389. The lowest BCUT2D eigenvalue weighted by Gasteiger charge is -2.27. The smallest absolute Gasteiger partial charge is 0.191 e. The molecule has 1 atom stereocenters. The Labute approximate surface area is 184 Å². The second kappa shape index (κ2) is 11.7. The Kier molecular flexibility index (Phi) is 8.66. The Bertz CT molecular complexity index is 846. The summed E-state index contributed by atoms with van der Waals surface area (Å²) in [7, 11) is 1.96. The predicted octanol–water partition coefficient (Wildman–Crippen LogP) is 1.27. The summed E-state index contributed by atoms with van der Waals surface area (Å²) in [5.41, 5.74) is 1.13. The largest absolute Gasteiger partial charge is 0.489 e. The summed E-state index contributed by atoms with van der Waals surface area (Å²) in [5, 5.41) is 15.2. The van der Waals surface area contributed by atoms with E-state index >= 15 is 0 Å². The van der Waals surface area contributed by atoms with E-state index in [0.717, 1.165) is 68.3 Å². The number of ether oxygens (including phenoxy) is 2. The van der Waals surface area contributed by atoms with Gasteiger partial charge in [-0.2, -0.15) is 0 Å². The van der Waals surface area contributed by atoms with Crippen LogP contribution in [0.4, 0.5) is 0 Å². The van der Waals surface area contributed by atoms with E-state index < -0.39 is 0 Å². The highest BCUT2D eigenvalue weighted by molar-refractivity contribution is 5.79. The maximum Gasteiger partial charge on any atom is 0.191 e. The minimum Gasteiger partial charge on any atom is -0.489 e. The number of nitrogens with one attached hydrogen (secondary N) is 2. The minimum atomic E-state index is -0.00980. The van der Waals surface area contributed by atoms with Crippen LogP contribution < -0.4 is 15.4 Å². The normalized spacial score (nSPS) is 16.2. The molecule has 1 aliphatic rings. The molecule has 1 aromatic carbocycles. The molecular weight excluding hydrogens is 394 g/mol. The van der Waals surface area contributed by atoms with E-state index in [1.54, 1.807) is 0 Å². The number of guanidine groups is 1. The number of rotatable bonds is 9. The SMILES string of the molecule is Cc1ccccc1OC(C)CNC(=NCc1nnc(C)n1C)NCCN1CCOCC1. The number of aliphatic imine (C=N–C) groups is 1. The van der Waals surface area contributed by atoms with Gasteiger partial charge in [-0.3, -0.25) is 4.90 Å². The van der Waals surface area contributed by atoms with Gasteiger partial charge in [0, 0.05) is 33.2 Å². The van der Waals surface area contributed by atoms with Crippen LogP contribution in [0.2, 0.25) is 0 Å². The molecule has 9 heteroatoms. The molecule has 0 spiro atoms. The summed E-state index contributed by atoms with van der Waals surface area (Å²) in [4.78, 5) is 7.11. The number of nitrogens with zero attached hydrogens (tertiary/aromatic N) is 5. The fourth-order valence-electron chi connectivity index (χ4n) is 3.26. The third kappa shape index (κ3) is 7.22. The first-order valence-corrected chi connectivity index (χ1v) is 10.9. The van der Waals surface area contributed by atoms with Gasteiger partial charge in [0.2, 0.25) is 0 Å². The second-order valence-corrected chi connectivity index (χ2v) is 7.84. The lowest BCUT2D eigenvalue weighted by Crippen LogP contribution is -2.46. The fourth-order valence-corrected chi connectivity index (χ4v) is 3.26. The van der Waals surface area contributed by atoms with Crippen LogP contribution in [0.3, 0.4) is 0 Å². The molecule has 31 heavy (non-hydrogen) atoms. The van der Waals surface area contributed by atoms with Gasteiger partial charge in [0.05, 0.1) is 19.8 Å². The minimum absolute atomic E-state index is 0.00980. The van der Waals surface area contributed by atoms with Crippen LogP contribution in [0.25, 0.3) is 0 Å². The number of benzene rings is 1. The zero-order valence-electron chi connectivity index (χ0n) is 19.1. The molecule has 1 saturated heterocycles. The standard InChI is InChI=1S/C22H35N7O2/c1-17-7-5-6-8-20(17)31-18(2)15-24-22(23-9-10-29-11-13-30-14-12-29)25-16-21-27-26-19(3)28(21)4/h5-8,18H,9-16H2,1-4H3,(H2,23,24,25). The second-order valence-electron chi connectivity index (χ2n) is 7.84. The van der Waals surface area contributed by atoms with Gasteiger partial charge in [0.25, 0.3) is 0 Å². The van der Waals surface area contributed by atoms with E-state index in [1.165, 1.54) is 0 Å². The van der Waals surface area contributed by atoms with Gasteiger partial charge in [0.15, 0.2) is 11.8 Å². The molecule has 170 valence electrons. The number of hydrogen-bond donors (Lipinski definition) is 2. The highest BCUT2D eigenvalue weighted by Crippen LogP contribution is 2.17. The number of para-hydroxylation sites is 1. The first-order chi connectivity index (χ1) is 15.0. The van der Waals surface area contributed by atoms with Crippen molar-refractivity contribution >= 4 is 5.96 Å². The molecule has 1 unspecified atom stereocenters. The van der Waals surface area contributed by atoms with E-state index in [4.69, 9.17) is 14.5 Å². The van der Waals surface area contributed by atoms with Gasteiger partial charge in [-0.1, -0.05) is 18.2 Å². The van der Waals surface area contributed by atoms with E-state index in [0.29, 0.717) is 13.1 Å². The molecule has 0 radical (unpaired) electrons. The molecule has 9 nitrogen and oxygen atoms in total. The number of hydrogen-bond acceptors (Lipinski definition) is 6. The molecule has 2 aromatic rings. The summed E-state index contributed by atoms with van der Waals surface area (Å²) in [5.74, 6) is 3.36. The monoisotopic (exact) mass is 429 g/mol. The van der Waals surface area contributed by atoms with Crippen LogP contribution in [0.1, 0.15) is 24.1 Å². The average molecular weight is 430 g/mol. The Morgan fingerprint density at radius 1 is 1.19 bits per heavy atom. The molecule has 0 bridgehead atoms. The summed E-state index contributed by atoms with van der Waals surface area (Å²) >= 11 is 0. The molecule has 3 rings (SSSR count). The summed E-state index contributed by atoms with van der Waals surface area (Å²) < 4.78 is 13.5. The van der Waals surface area contributed by atoms with Crippen molar-refractivity contribution in [2.75, 3.05) is 45.9 Å². The number of morpholine rings is 1. The Hall–Kier alpha value is -2.65. The molecular formula is C22H35N7O2. The first kappa shape index (κ1) is 23.0. The quantitative estimate of drug-likeness (QED) is 0.458. The lowest BCUT2D eigenvalue weighted by atomic mass is 10.2. The molecule has 0 saturated carbocycles. The van der Waals surface area contributed by atoms with Crippen LogP contribution in [0, 0.1) is 13.8 Å². The Balaban J connectivity index is 1.55. The van der Waals surface area contributed by atoms with Gasteiger partial charge in [-0.25, -0.2) is 4.99 Å². The summed E-state index contributed by atoms with van der Waals surface area (Å²) in [6.07, 6.45) is -0.00980. The molecule has 0 amide bonds. The third-order valence-corrected chi connectivity index (χ3v) is 5.36. The van der Waals surface area contributed by atoms with Gasteiger partial charge in [-0.15, -0.1) is 10.2 Å². The van der Waals surface area contributed by atoms with Gasteiger partial charge < -0.3 is 24.7 Å². The molecule has 2 N–H and O–H groups in total. The Morgan fingerprint density at radius 2 is 1.97 bits per heavy atom. The van der Waals surface area contributed by atoms with Crippen molar-refractivity contribution in [2.24, 2.45) is 12.0 Å². The highest BCUT2D eigenvalue weighted by atomic mass is 16.5. The van der Waals surface area contributed by atoms with Crippen LogP contribution in [-0.4, -0.2) is 77.7 Å². The summed E-state index contributed by atoms with van der Waals surface area (Å²) in [6, 6.07) is 8.06. The van der Waals surface area contributed by atoms with Crippen LogP contribution in [-0.2, 0) is 18.3 Å². The van der Waals surface area contributed by atoms with E-state index in [-0.39, 0.29) is 6.10 Å². The molecule has 1 fully saturated rings. The maximum atomic E-state index is 6.09. The molecule has 0 aliphatic carbocycles. The molecule has 1 aliphatic heterocycles. The van der Waals surface area contributed by atoms with Crippen molar-refractivity contribution in [1.29, 1.82) is 0 Å².